The minimum absolute atomic E-state index is 0.0403. The molecule has 0 aliphatic carbocycles. The molecule has 0 radical (unpaired) electrons. The van der Waals surface area contributed by atoms with Crippen molar-refractivity contribution in [1.29, 1.82) is 0 Å². The molecule has 3 rings (SSSR count). The molecule has 0 saturated heterocycles. The molecule has 27 heavy (non-hydrogen) atoms. The van der Waals surface area contributed by atoms with Crippen molar-refractivity contribution >= 4 is 17.8 Å². The normalized spacial score (nSPS) is 13.1. The number of rotatable bonds is 5. The first kappa shape index (κ1) is 18.9. The van der Waals surface area contributed by atoms with E-state index in [1.165, 1.54) is 5.56 Å². The van der Waals surface area contributed by atoms with Crippen LogP contribution in [0.15, 0.2) is 59.0 Å². The van der Waals surface area contributed by atoms with Gasteiger partial charge < -0.3 is 9.32 Å². The molecule has 1 aromatic heterocycles. The fraction of sp³-hybridized carbons (Fsp3) is 0.304. The Morgan fingerprint density at radius 3 is 2.22 bits per heavy atom. The summed E-state index contributed by atoms with van der Waals surface area (Å²) in [6.07, 6.45) is 3.85. The van der Waals surface area contributed by atoms with Crippen LogP contribution in [0.2, 0.25) is 0 Å². The highest BCUT2D eigenvalue weighted by Gasteiger charge is 2.30. The van der Waals surface area contributed by atoms with Gasteiger partial charge in [0, 0.05) is 17.3 Å². The lowest BCUT2D eigenvalue weighted by molar-refractivity contribution is 0.387. The smallest absolute Gasteiger partial charge is 0.240 e. The van der Waals surface area contributed by atoms with Crippen LogP contribution < -0.4 is 4.90 Å². The van der Waals surface area contributed by atoms with Gasteiger partial charge in [0.1, 0.15) is 6.04 Å². The summed E-state index contributed by atoms with van der Waals surface area (Å²) in [6, 6.07) is 18.6. The largest absolute Gasteiger partial charge is 0.419 e. The first-order valence-electron chi connectivity index (χ1n) is 9.27. The van der Waals surface area contributed by atoms with Gasteiger partial charge in [0.2, 0.25) is 11.8 Å². The van der Waals surface area contributed by atoms with Crippen LogP contribution in [0.1, 0.15) is 56.6 Å². The van der Waals surface area contributed by atoms with Crippen molar-refractivity contribution in [2.75, 3.05) is 4.90 Å². The van der Waals surface area contributed by atoms with Crippen molar-refractivity contribution in [1.82, 2.24) is 10.2 Å². The van der Waals surface area contributed by atoms with E-state index in [9.17, 15) is 0 Å². The molecule has 4 nitrogen and oxygen atoms in total. The lowest BCUT2D eigenvalue weighted by atomic mass is 10.0. The van der Waals surface area contributed by atoms with E-state index in [4.69, 9.17) is 4.42 Å². The van der Waals surface area contributed by atoms with Crippen LogP contribution in [0.5, 0.6) is 0 Å². The highest BCUT2D eigenvalue weighted by Crippen LogP contribution is 2.33. The van der Waals surface area contributed by atoms with Gasteiger partial charge in [0.15, 0.2) is 0 Å². The molecular weight excluding hydrogens is 334 g/mol. The molecule has 1 heterocycles. The van der Waals surface area contributed by atoms with E-state index in [0.717, 1.165) is 11.3 Å². The molecule has 140 valence electrons. The molecule has 0 bridgehead atoms. The quantitative estimate of drug-likeness (QED) is 0.566. The van der Waals surface area contributed by atoms with Gasteiger partial charge in [-0.15, -0.1) is 10.2 Å². The highest BCUT2D eigenvalue weighted by molar-refractivity contribution is 5.65. The second-order valence-electron chi connectivity index (χ2n) is 7.77. The third-order valence-electron chi connectivity index (χ3n) is 4.45. The molecule has 0 amide bonds. The van der Waals surface area contributed by atoms with Gasteiger partial charge in [0.25, 0.3) is 0 Å². The zero-order valence-corrected chi connectivity index (χ0v) is 16.7. The van der Waals surface area contributed by atoms with E-state index >= 15 is 0 Å². The summed E-state index contributed by atoms with van der Waals surface area (Å²) < 4.78 is 5.94. The summed E-state index contributed by atoms with van der Waals surface area (Å²) in [5.41, 5.74) is 3.39. The minimum atomic E-state index is -0.0901. The molecule has 3 aromatic rings. The number of hydrogen-bond acceptors (Lipinski definition) is 4. The van der Waals surface area contributed by atoms with Crippen LogP contribution in [0.25, 0.3) is 12.2 Å². The second kappa shape index (κ2) is 7.78. The molecule has 0 fully saturated rings. The SMILES string of the molecule is Cc1ccc(/C=C/c2nnc(C(C)N(c3ccccc3)C(C)(C)C)o2)cc1. The third kappa shape index (κ3) is 4.64. The summed E-state index contributed by atoms with van der Waals surface area (Å²) in [5, 5.41) is 8.49. The van der Waals surface area contributed by atoms with Crippen LogP contribution in [0.3, 0.4) is 0 Å². The average molecular weight is 361 g/mol. The van der Waals surface area contributed by atoms with Gasteiger partial charge in [-0.3, -0.25) is 0 Å². The molecule has 0 N–H and O–H groups in total. The fourth-order valence-corrected chi connectivity index (χ4v) is 3.22. The number of benzene rings is 2. The number of para-hydroxylation sites is 1. The van der Waals surface area contributed by atoms with Gasteiger partial charge in [0.05, 0.1) is 0 Å². The van der Waals surface area contributed by atoms with Gasteiger partial charge in [-0.1, -0.05) is 48.0 Å². The molecule has 1 unspecified atom stereocenters. The first-order chi connectivity index (χ1) is 12.8. The second-order valence-corrected chi connectivity index (χ2v) is 7.77. The molecule has 4 heteroatoms. The lowest BCUT2D eigenvalue weighted by Gasteiger charge is -2.41. The van der Waals surface area contributed by atoms with E-state index in [0.29, 0.717) is 11.8 Å². The van der Waals surface area contributed by atoms with Crippen molar-refractivity contribution in [3.05, 3.63) is 77.5 Å². The van der Waals surface area contributed by atoms with Crippen LogP contribution in [-0.2, 0) is 0 Å². The van der Waals surface area contributed by atoms with Crippen LogP contribution in [0.4, 0.5) is 5.69 Å². The van der Waals surface area contributed by atoms with Crippen molar-refractivity contribution < 1.29 is 4.42 Å². The lowest BCUT2D eigenvalue weighted by Crippen LogP contribution is -2.43. The standard InChI is InChI=1S/C23H27N3O/c1-17-11-13-19(14-12-17)15-16-21-24-25-22(27-21)18(2)26(23(3,4)5)20-9-7-6-8-10-20/h6-16,18H,1-5H3/b16-15+. The molecule has 0 aliphatic heterocycles. The first-order valence-corrected chi connectivity index (χ1v) is 9.27. The molecule has 0 spiro atoms. The summed E-state index contributed by atoms with van der Waals surface area (Å²) in [5.74, 6) is 1.12. The Morgan fingerprint density at radius 2 is 1.59 bits per heavy atom. The van der Waals surface area contributed by atoms with E-state index < -0.39 is 0 Å². The minimum Gasteiger partial charge on any atom is -0.419 e. The Bertz CT molecular complexity index is 889. The zero-order valence-electron chi connectivity index (χ0n) is 16.7. The van der Waals surface area contributed by atoms with E-state index in [1.54, 1.807) is 0 Å². The highest BCUT2D eigenvalue weighted by atomic mass is 16.4. The maximum Gasteiger partial charge on any atom is 0.240 e. The van der Waals surface area contributed by atoms with Crippen LogP contribution in [-0.4, -0.2) is 15.7 Å². The summed E-state index contributed by atoms with van der Waals surface area (Å²) >= 11 is 0. The Kier molecular flexibility index (Phi) is 5.45. The molecule has 0 saturated carbocycles. The number of anilines is 1. The summed E-state index contributed by atoms with van der Waals surface area (Å²) in [7, 11) is 0. The number of nitrogens with zero attached hydrogens (tertiary/aromatic N) is 3. The van der Waals surface area contributed by atoms with Gasteiger partial charge in [-0.05, 0) is 58.4 Å². The van der Waals surface area contributed by atoms with Gasteiger partial charge >= 0.3 is 0 Å². The van der Waals surface area contributed by atoms with E-state index in [2.05, 4.69) is 86.1 Å². The molecule has 2 aromatic carbocycles. The van der Waals surface area contributed by atoms with E-state index in [1.807, 2.05) is 30.4 Å². The molecular formula is C23H27N3O. The number of aryl methyl sites for hydroxylation is 1. The van der Waals surface area contributed by atoms with Crippen molar-refractivity contribution in [3.8, 4) is 0 Å². The van der Waals surface area contributed by atoms with Crippen LogP contribution >= 0.6 is 0 Å². The zero-order chi connectivity index (χ0) is 19.4. The van der Waals surface area contributed by atoms with Crippen molar-refractivity contribution in [2.45, 2.75) is 46.2 Å². The summed E-state index contributed by atoms with van der Waals surface area (Å²) in [4.78, 5) is 2.30. The van der Waals surface area contributed by atoms with Crippen LogP contribution in [0, 0.1) is 6.92 Å². The fourth-order valence-electron chi connectivity index (χ4n) is 3.22. The van der Waals surface area contributed by atoms with Crippen molar-refractivity contribution in [3.63, 3.8) is 0 Å². The predicted octanol–water partition coefficient (Wildman–Crippen LogP) is 5.91. The molecule has 0 aliphatic rings. The summed E-state index contributed by atoms with van der Waals surface area (Å²) in [6.45, 7) is 10.7. The monoisotopic (exact) mass is 361 g/mol. The Labute approximate surface area is 161 Å². The Hall–Kier alpha value is -2.88. The number of aromatic nitrogens is 2. The topological polar surface area (TPSA) is 42.2 Å². The molecule has 1 atom stereocenters. The number of hydrogen-bond donors (Lipinski definition) is 0. The maximum absolute atomic E-state index is 5.94. The average Bonchev–Trinajstić information content (AvgIpc) is 3.10. The van der Waals surface area contributed by atoms with Crippen molar-refractivity contribution in [2.24, 2.45) is 0 Å². The Morgan fingerprint density at radius 1 is 0.926 bits per heavy atom. The van der Waals surface area contributed by atoms with Gasteiger partial charge in [-0.2, -0.15) is 0 Å². The maximum atomic E-state index is 5.94. The predicted molar refractivity (Wildman–Crippen MR) is 111 cm³/mol. The van der Waals surface area contributed by atoms with E-state index in [-0.39, 0.29) is 11.6 Å². The Balaban J connectivity index is 1.82. The third-order valence-corrected chi connectivity index (χ3v) is 4.45. The van der Waals surface area contributed by atoms with Gasteiger partial charge in [-0.25, -0.2) is 0 Å².